The van der Waals surface area contributed by atoms with Crippen LogP contribution in [-0.4, -0.2) is 74.8 Å². The van der Waals surface area contributed by atoms with E-state index in [1.807, 2.05) is 0 Å². The van der Waals surface area contributed by atoms with E-state index in [9.17, 15) is 17.6 Å². The maximum absolute atomic E-state index is 13.2. The molecular weight excluding hydrogens is 447 g/mol. The predicted molar refractivity (Wildman–Crippen MR) is 112 cm³/mol. The Morgan fingerprint density at radius 1 is 1.19 bits per heavy atom. The molecule has 4 rings (SSSR count). The molecule has 1 atom stereocenters. The number of nitrogens with one attached hydrogen (secondary N) is 1. The zero-order valence-electron chi connectivity index (χ0n) is 16.5. The van der Waals surface area contributed by atoms with Gasteiger partial charge in [0.25, 0.3) is 5.91 Å². The van der Waals surface area contributed by atoms with E-state index in [0.717, 1.165) is 6.20 Å². The summed E-state index contributed by atoms with van der Waals surface area (Å²) >= 11 is 0.705. The lowest BCUT2D eigenvalue weighted by Gasteiger charge is -2.25. The molecule has 0 radical (unpaired) electrons. The molecule has 0 bridgehead atoms. The molecule has 3 heterocycles. The number of rotatable bonds is 6. The minimum absolute atomic E-state index is 0.0747. The number of morpholine rings is 1. The molecule has 2 aliphatic rings. The number of hydrogen-bond donors (Lipinski definition) is 1. The maximum Gasteiger partial charge on any atom is 0.278 e. The van der Waals surface area contributed by atoms with Crippen molar-refractivity contribution in [1.82, 2.24) is 9.99 Å². The molecule has 2 aliphatic heterocycles. The number of benzene rings is 1. The van der Waals surface area contributed by atoms with Gasteiger partial charge in [0.15, 0.2) is 25.8 Å². The molecule has 12 heteroatoms. The van der Waals surface area contributed by atoms with Gasteiger partial charge >= 0.3 is 0 Å². The lowest BCUT2D eigenvalue weighted by molar-refractivity contribution is -0.110. The van der Waals surface area contributed by atoms with Crippen LogP contribution in [0.15, 0.2) is 40.5 Å². The van der Waals surface area contributed by atoms with E-state index in [-0.39, 0.29) is 22.3 Å². The van der Waals surface area contributed by atoms with Gasteiger partial charge in [0.05, 0.1) is 49.3 Å². The first-order valence-electron chi connectivity index (χ1n) is 9.69. The van der Waals surface area contributed by atoms with Crippen LogP contribution < -0.4 is 5.32 Å². The first-order chi connectivity index (χ1) is 14.9. The Bertz CT molecular complexity index is 1060. The van der Waals surface area contributed by atoms with Crippen LogP contribution in [0.1, 0.15) is 12.0 Å². The molecule has 1 aromatic carbocycles. The number of nitrogens with zero attached hydrogens (tertiary/aromatic N) is 3. The van der Waals surface area contributed by atoms with Crippen molar-refractivity contribution in [2.24, 2.45) is 5.10 Å². The van der Waals surface area contributed by atoms with Crippen LogP contribution in [0.4, 0.5) is 9.52 Å². The molecule has 0 unspecified atom stereocenters. The Morgan fingerprint density at radius 2 is 1.94 bits per heavy atom. The highest BCUT2D eigenvalue weighted by atomic mass is 32.2. The second-order valence-electron chi connectivity index (χ2n) is 6.99. The van der Waals surface area contributed by atoms with Gasteiger partial charge in [-0.15, -0.1) is 0 Å². The van der Waals surface area contributed by atoms with Crippen LogP contribution in [0.25, 0.3) is 0 Å². The smallest absolute Gasteiger partial charge is 0.278 e. The van der Waals surface area contributed by atoms with Crippen LogP contribution in [0.2, 0.25) is 0 Å². The lowest BCUT2D eigenvalue weighted by atomic mass is 10.1. The zero-order valence-corrected chi connectivity index (χ0v) is 18.1. The third-order valence-electron chi connectivity index (χ3n) is 4.92. The minimum Gasteiger partial charge on any atom is -0.380 e. The van der Waals surface area contributed by atoms with E-state index in [1.165, 1.54) is 12.1 Å². The van der Waals surface area contributed by atoms with Gasteiger partial charge in [-0.3, -0.25) is 15.1 Å². The minimum atomic E-state index is -3.52. The van der Waals surface area contributed by atoms with Gasteiger partial charge < -0.3 is 9.47 Å². The zero-order chi connectivity index (χ0) is 21.8. The van der Waals surface area contributed by atoms with Gasteiger partial charge in [0.2, 0.25) is 0 Å². The van der Waals surface area contributed by atoms with Crippen LogP contribution in [0.5, 0.6) is 0 Å². The summed E-state index contributed by atoms with van der Waals surface area (Å²) in [6.45, 7) is 2.59. The molecule has 0 aliphatic carbocycles. The van der Waals surface area contributed by atoms with Crippen molar-refractivity contribution in [3.8, 4) is 0 Å². The number of thiazole rings is 1. The molecule has 31 heavy (non-hydrogen) atoms. The number of carbonyl (C=O) groups is 1. The molecule has 1 aromatic heterocycles. The van der Waals surface area contributed by atoms with E-state index in [1.54, 1.807) is 17.1 Å². The topological polar surface area (TPSA) is 110 Å². The average molecular weight is 469 g/mol. The number of sulfone groups is 1. The fourth-order valence-electron chi connectivity index (χ4n) is 3.25. The summed E-state index contributed by atoms with van der Waals surface area (Å²) in [7, 11) is -3.52. The van der Waals surface area contributed by atoms with Crippen LogP contribution in [0, 0.1) is 5.13 Å². The van der Waals surface area contributed by atoms with Gasteiger partial charge in [-0.2, -0.15) is 9.49 Å². The Hall–Kier alpha value is -2.41. The summed E-state index contributed by atoms with van der Waals surface area (Å²) in [5, 5.41) is 7.73. The number of ether oxygens (including phenoxy) is 2. The highest BCUT2D eigenvalue weighted by Gasteiger charge is 2.31. The molecule has 2 fully saturated rings. The van der Waals surface area contributed by atoms with E-state index in [4.69, 9.17) is 9.47 Å². The second-order valence-corrected chi connectivity index (χ2v) is 10.2. The summed E-state index contributed by atoms with van der Waals surface area (Å²) in [6.07, 6.45) is 1.48. The number of carbonyl (C=O) groups excluding carboxylic acids is 1. The predicted octanol–water partition coefficient (Wildman–Crippen LogP) is 1.52. The van der Waals surface area contributed by atoms with Crippen molar-refractivity contribution in [1.29, 1.82) is 0 Å². The lowest BCUT2D eigenvalue weighted by Crippen LogP contribution is -2.35. The molecule has 1 amide bonds. The van der Waals surface area contributed by atoms with Crippen molar-refractivity contribution in [2.75, 3.05) is 44.8 Å². The SMILES string of the molecule is O=C(Nc1ncc(F)s1)/C(=N/N1CCOCC1)c1ccc(S(=O)(=O)[C@H]2CCOC2)cc1. The Labute approximate surface area is 182 Å². The van der Waals surface area contributed by atoms with Gasteiger partial charge in [0.1, 0.15) is 0 Å². The average Bonchev–Trinajstić information content (AvgIpc) is 3.45. The van der Waals surface area contributed by atoms with E-state index < -0.39 is 26.1 Å². The van der Waals surface area contributed by atoms with Gasteiger partial charge in [-0.05, 0) is 18.6 Å². The van der Waals surface area contributed by atoms with Gasteiger partial charge in [0, 0.05) is 12.2 Å². The highest BCUT2D eigenvalue weighted by Crippen LogP contribution is 2.23. The van der Waals surface area contributed by atoms with Crippen LogP contribution >= 0.6 is 11.3 Å². The van der Waals surface area contributed by atoms with Crippen molar-refractivity contribution in [3.63, 3.8) is 0 Å². The van der Waals surface area contributed by atoms with Crippen LogP contribution in [-0.2, 0) is 24.1 Å². The molecule has 0 spiro atoms. The quantitative estimate of drug-likeness (QED) is 0.640. The van der Waals surface area contributed by atoms with Gasteiger partial charge in [-0.25, -0.2) is 13.4 Å². The first kappa shape index (κ1) is 21.8. The Morgan fingerprint density at radius 3 is 2.55 bits per heavy atom. The molecule has 0 saturated carbocycles. The van der Waals surface area contributed by atoms with E-state index in [0.29, 0.717) is 56.2 Å². The van der Waals surface area contributed by atoms with E-state index in [2.05, 4.69) is 15.4 Å². The number of anilines is 1. The summed E-state index contributed by atoms with van der Waals surface area (Å²) in [5.74, 6) is -0.569. The van der Waals surface area contributed by atoms with Crippen LogP contribution in [0.3, 0.4) is 0 Å². The fourth-order valence-corrected chi connectivity index (χ4v) is 5.37. The summed E-state index contributed by atoms with van der Waals surface area (Å²) in [4.78, 5) is 16.9. The van der Waals surface area contributed by atoms with Crippen molar-refractivity contribution >= 4 is 37.9 Å². The number of aromatic nitrogens is 1. The maximum atomic E-state index is 13.2. The third kappa shape index (κ3) is 5.09. The molecule has 2 saturated heterocycles. The second kappa shape index (κ2) is 9.39. The summed E-state index contributed by atoms with van der Waals surface area (Å²) in [6, 6.07) is 6.02. The Kier molecular flexibility index (Phi) is 6.60. The highest BCUT2D eigenvalue weighted by molar-refractivity contribution is 7.92. The number of hydrazone groups is 1. The monoisotopic (exact) mass is 468 g/mol. The molecule has 2 aromatic rings. The summed E-state index contributed by atoms with van der Waals surface area (Å²) < 4.78 is 49.3. The van der Waals surface area contributed by atoms with E-state index >= 15 is 0 Å². The number of amides is 1. The summed E-state index contributed by atoms with van der Waals surface area (Å²) in [5.41, 5.74) is 0.508. The molecule has 166 valence electrons. The Balaban J connectivity index is 1.61. The fraction of sp³-hybridized carbons (Fsp3) is 0.421. The standard InChI is InChI=1S/C19H21FN4O5S2/c20-16-11-21-19(30-16)22-18(25)17(23-24-6-9-28-10-7-24)13-1-3-14(4-2-13)31(26,27)15-5-8-29-12-15/h1-4,11,15H,5-10,12H2,(H,21,22,25)/b23-17+/t15-/m0/s1. The van der Waals surface area contributed by atoms with Crippen molar-refractivity contribution < 1.29 is 27.1 Å². The normalized spacial score (nSPS) is 20.1. The van der Waals surface area contributed by atoms with Gasteiger partial charge in [-0.1, -0.05) is 23.5 Å². The van der Waals surface area contributed by atoms with Crippen molar-refractivity contribution in [2.45, 2.75) is 16.6 Å². The van der Waals surface area contributed by atoms with Crippen molar-refractivity contribution in [3.05, 3.63) is 41.2 Å². The molecular formula is C19H21FN4O5S2. The largest absolute Gasteiger partial charge is 0.380 e. The molecule has 9 nitrogen and oxygen atoms in total. The molecule has 1 N–H and O–H groups in total. The number of hydrogen-bond acceptors (Lipinski definition) is 9. The third-order valence-corrected chi connectivity index (χ3v) is 7.80. The number of halogens is 1. The first-order valence-corrected chi connectivity index (χ1v) is 12.1.